The van der Waals surface area contributed by atoms with E-state index in [-0.39, 0.29) is 12.4 Å². The maximum Gasteiger partial charge on any atom is 0.159 e. The number of nitrogens with zero attached hydrogens (tertiary/aromatic N) is 2. The fourth-order valence-corrected chi connectivity index (χ4v) is 3.21. The molecular weight excluding hydrogens is 300 g/mol. The molecule has 1 atom stereocenters. The van der Waals surface area contributed by atoms with Crippen molar-refractivity contribution in [3.63, 3.8) is 0 Å². The molecule has 1 aromatic rings. The molecule has 2 rings (SSSR count). The second-order valence-electron chi connectivity index (χ2n) is 6.93. The first kappa shape index (κ1) is 18.8. The van der Waals surface area contributed by atoms with Crippen LogP contribution in [0.3, 0.4) is 0 Å². The fraction of sp³-hybridized carbons (Fsp3) is 0.550. The van der Waals surface area contributed by atoms with E-state index >= 15 is 0 Å². The smallest absolute Gasteiger partial charge is 0.159 e. The molecule has 0 spiro atoms. The third-order valence-corrected chi connectivity index (χ3v) is 4.62. The maximum atomic E-state index is 11.5. The zero-order valence-corrected chi connectivity index (χ0v) is 15.2. The van der Waals surface area contributed by atoms with E-state index in [9.17, 15) is 9.90 Å². The van der Waals surface area contributed by atoms with Crippen molar-refractivity contribution >= 4 is 5.78 Å². The highest BCUT2D eigenvalue weighted by molar-refractivity contribution is 5.94. The summed E-state index contributed by atoms with van der Waals surface area (Å²) in [6.07, 6.45) is 3.07. The van der Waals surface area contributed by atoms with Gasteiger partial charge in [-0.1, -0.05) is 29.8 Å². The van der Waals surface area contributed by atoms with Crippen molar-refractivity contribution < 1.29 is 9.90 Å². The van der Waals surface area contributed by atoms with Crippen LogP contribution < -0.4 is 0 Å². The summed E-state index contributed by atoms with van der Waals surface area (Å²) in [5, 5.41) is 9.39. The van der Waals surface area contributed by atoms with Gasteiger partial charge in [0.25, 0.3) is 0 Å². The van der Waals surface area contributed by atoms with Crippen molar-refractivity contribution in [2.24, 2.45) is 0 Å². The van der Waals surface area contributed by atoms with Gasteiger partial charge in [-0.3, -0.25) is 14.6 Å². The van der Waals surface area contributed by atoms with Crippen molar-refractivity contribution in [2.45, 2.75) is 39.8 Å². The molecule has 4 nitrogen and oxygen atoms in total. The lowest BCUT2D eigenvalue weighted by molar-refractivity contribution is 0.0636. The summed E-state index contributed by atoms with van der Waals surface area (Å²) in [4.78, 5) is 16.4. The van der Waals surface area contributed by atoms with Crippen LogP contribution in [0.1, 0.15) is 43.1 Å². The number of hydrogen-bond donors (Lipinski definition) is 1. The van der Waals surface area contributed by atoms with Gasteiger partial charge in [0, 0.05) is 50.9 Å². The Labute approximate surface area is 145 Å². The molecule has 0 aromatic heterocycles. The number of carbonyl (C=O) groups excluding carboxylic acids is 1. The van der Waals surface area contributed by atoms with E-state index in [2.05, 4.69) is 35.8 Å². The monoisotopic (exact) mass is 330 g/mol. The quantitative estimate of drug-likeness (QED) is 0.617. The topological polar surface area (TPSA) is 43.8 Å². The maximum absolute atomic E-state index is 11.5. The van der Waals surface area contributed by atoms with Gasteiger partial charge in [0.1, 0.15) is 0 Å². The van der Waals surface area contributed by atoms with Gasteiger partial charge in [0.15, 0.2) is 5.78 Å². The Kier molecular flexibility index (Phi) is 7.16. The standard InChI is InChI=1S/C20H30N2O2/c1-16(2)7-9-22-11-10-21(15-20(22)8-12-23)14-18-5-4-6-19(13-18)17(3)24/h4-7,13,20,23H,8-12,14-15H2,1-3H3/t20-/m0/s1. The molecule has 1 saturated heterocycles. The van der Waals surface area contributed by atoms with Gasteiger partial charge >= 0.3 is 0 Å². The molecule has 0 radical (unpaired) electrons. The zero-order valence-electron chi connectivity index (χ0n) is 15.2. The number of allylic oxidation sites excluding steroid dienone is 1. The Morgan fingerprint density at radius 2 is 2.08 bits per heavy atom. The van der Waals surface area contributed by atoms with Crippen molar-refractivity contribution in [1.29, 1.82) is 0 Å². The summed E-state index contributed by atoms with van der Waals surface area (Å²) in [7, 11) is 0. The highest BCUT2D eigenvalue weighted by atomic mass is 16.3. The minimum absolute atomic E-state index is 0.113. The van der Waals surface area contributed by atoms with E-state index in [1.54, 1.807) is 6.92 Å². The van der Waals surface area contributed by atoms with Crippen LogP contribution in [0, 0.1) is 0 Å². The first-order chi connectivity index (χ1) is 11.5. The normalized spacial score (nSPS) is 19.2. The lowest BCUT2D eigenvalue weighted by Crippen LogP contribution is -2.53. The van der Waals surface area contributed by atoms with E-state index in [4.69, 9.17) is 0 Å². The third kappa shape index (κ3) is 5.55. The summed E-state index contributed by atoms with van der Waals surface area (Å²) < 4.78 is 0. The van der Waals surface area contributed by atoms with Gasteiger partial charge < -0.3 is 5.11 Å². The average Bonchev–Trinajstić information content (AvgIpc) is 2.54. The molecule has 0 amide bonds. The molecule has 132 valence electrons. The number of rotatable bonds is 7. The van der Waals surface area contributed by atoms with E-state index in [1.807, 2.05) is 18.2 Å². The Bertz CT molecular complexity index is 579. The van der Waals surface area contributed by atoms with Crippen LogP contribution in [0.15, 0.2) is 35.9 Å². The second kappa shape index (κ2) is 9.11. The summed E-state index contributed by atoms with van der Waals surface area (Å²) in [6.45, 7) is 10.9. The lowest BCUT2D eigenvalue weighted by atomic mass is 10.1. The van der Waals surface area contributed by atoms with Crippen molar-refractivity contribution in [2.75, 3.05) is 32.8 Å². The second-order valence-corrected chi connectivity index (χ2v) is 6.93. The first-order valence-electron chi connectivity index (χ1n) is 8.80. The zero-order chi connectivity index (χ0) is 17.5. The number of hydrogen-bond acceptors (Lipinski definition) is 4. The largest absolute Gasteiger partial charge is 0.396 e. The molecule has 4 heteroatoms. The molecule has 0 saturated carbocycles. The SMILES string of the molecule is CC(=O)c1cccc(CN2CCN(CC=C(C)C)[C@@H](CCO)C2)c1. The van der Waals surface area contributed by atoms with Crippen LogP contribution in [-0.2, 0) is 6.54 Å². The summed E-state index contributed by atoms with van der Waals surface area (Å²) in [5.74, 6) is 0.113. The van der Waals surface area contributed by atoms with Crippen LogP contribution in [0.25, 0.3) is 0 Å². The number of Topliss-reactive ketones (excluding diaryl/α,β-unsaturated/α-hetero) is 1. The molecule has 1 fully saturated rings. The molecule has 24 heavy (non-hydrogen) atoms. The average molecular weight is 330 g/mol. The number of aliphatic hydroxyl groups excluding tert-OH is 1. The molecule has 0 aliphatic carbocycles. The fourth-order valence-electron chi connectivity index (χ4n) is 3.21. The Hall–Kier alpha value is -1.49. The lowest BCUT2D eigenvalue weighted by Gasteiger charge is -2.41. The van der Waals surface area contributed by atoms with E-state index in [0.29, 0.717) is 6.04 Å². The third-order valence-electron chi connectivity index (χ3n) is 4.62. The predicted molar refractivity (Wildman–Crippen MR) is 98.2 cm³/mol. The molecule has 1 N–H and O–H groups in total. The van der Waals surface area contributed by atoms with Crippen LogP contribution in [0.2, 0.25) is 0 Å². The molecule has 1 aliphatic heterocycles. The Morgan fingerprint density at radius 1 is 1.29 bits per heavy atom. The van der Waals surface area contributed by atoms with Crippen LogP contribution >= 0.6 is 0 Å². The molecule has 1 aromatic carbocycles. The van der Waals surface area contributed by atoms with Gasteiger partial charge in [-0.15, -0.1) is 0 Å². The minimum Gasteiger partial charge on any atom is -0.396 e. The van der Waals surface area contributed by atoms with Gasteiger partial charge in [-0.25, -0.2) is 0 Å². The minimum atomic E-state index is 0.113. The summed E-state index contributed by atoms with van der Waals surface area (Å²) >= 11 is 0. The summed E-state index contributed by atoms with van der Waals surface area (Å²) in [5.41, 5.74) is 3.30. The van der Waals surface area contributed by atoms with Gasteiger partial charge in [0.05, 0.1) is 0 Å². The number of piperazine rings is 1. The predicted octanol–water partition coefficient (Wildman–Crippen LogP) is 2.72. The molecule has 0 unspecified atom stereocenters. The number of benzene rings is 1. The molecular formula is C20H30N2O2. The van der Waals surface area contributed by atoms with E-state index in [1.165, 1.54) is 11.1 Å². The van der Waals surface area contributed by atoms with Gasteiger partial charge in [-0.05, 0) is 38.8 Å². The van der Waals surface area contributed by atoms with E-state index in [0.717, 1.165) is 44.7 Å². The van der Waals surface area contributed by atoms with Crippen LogP contribution in [0.5, 0.6) is 0 Å². The van der Waals surface area contributed by atoms with Crippen LogP contribution in [-0.4, -0.2) is 59.5 Å². The number of carbonyl (C=O) groups is 1. The van der Waals surface area contributed by atoms with Gasteiger partial charge in [-0.2, -0.15) is 0 Å². The van der Waals surface area contributed by atoms with E-state index < -0.39 is 0 Å². The molecule has 1 heterocycles. The number of ketones is 1. The first-order valence-corrected chi connectivity index (χ1v) is 8.80. The Balaban J connectivity index is 1.99. The Morgan fingerprint density at radius 3 is 2.75 bits per heavy atom. The highest BCUT2D eigenvalue weighted by Gasteiger charge is 2.25. The van der Waals surface area contributed by atoms with Crippen molar-refractivity contribution in [3.8, 4) is 0 Å². The summed E-state index contributed by atoms with van der Waals surface area (Å²) in [6, 6.07) is 8.30. The molecule has 1 aliphatic rings. The van der Waals surface area contributed by atoms with Crippen molar-refractivity contribution in [1.82, 2.24) is 9.80 Å². The van der Waals surface area contributed by atoms with Crippen molar-refractivity contribution in [3.05, 3.63) is 47.0 Å². The number of aliphatic hydroxyl groups is 1. The highest BCUT2D eigenvalue weighted by Crippen LogP contribution is 2.17. The van der Waals surface area contributed by atoms with Gasteiger partial charge in [0.2, 0.25) is 0 Å². The van der Waals surface area contributed by atoms with Crippen LogP contribution in [0.4, 0.5) is 0 Å². The molecule has 0 bridgehead atoms.